The van der Waals surface area contributed by atoms with Crippen LogP contribution >= 0.6 is 11.3 Å². The summed E-state index contributed by atoms with van der Waals surface area (Å²) in [6, 6.07) is 13.7. The third-order valence-corrected chi connectivity index (χ3v) is 6.77. The van der Waals surface area contributed by atoms with Gasteiger partial charge in [-0.1, -0.05) is 6.07 Å². The Morgan fingerprint density at radius 1 is 0.738 bits per heavy atom. The van der Waals surface area contributed by atoms with Crippen molar-refractivity contribution in [1.29, 1.82) is 0 Å². The maximum atomic E-state index is 13.2. The topological polar surface area (TPSA) is 135 Å². The molecule has 0 atom stereocenters. The standard InChI is InChI=1S/C31H36N4O6S/c1-29(2,3)40-27(38)34-23-12-9-20(21-13-16-42-18-21)17-24(23)33-25(36)19-7-10-22(11-8-19)32-26(37)31(14-15-31)35-28(39)41-30(4,5)6/h7-13,16-18H,14-15H2,1-6H3,(H,32,37)(H,33,36)(H,34,38)(H,35,39). The van der Waals surface area contributed by atoms with Gasteiger partial charge in [-0.25, -0.2) is 9.59 Å². The van der Waals surface area contributed by atoms with E-state index >= 15 is 0 Å². The molecule has 222 valence electrons. The first kappa shape index (κ1) is 30.6. The zero-order chi connectivity index (χ0) is 30.7. The van der Waals surface area contributed by atoms with Crippen LogP contribution in [0.25, 0.3) is 11.1 Å². The summed E-state index contributed by atoms with van der Waals surface area (Å²) in [5, 5.41) is 15.0. The molecular formula is C31H36N4O6S. The van der Waals surface area contributed by atoms with E-state index in [1.165, 1.54) is 0 Å². The Morgan fingerprint density at radius 3 is 1.95 bits per heavy atom. The highest BCUT2D eigenvalue weighted by Gasteiger charge is 2.52. The van der Waals surface area contributed by atoms with Gasteiger partial charge in [-0.3, -0.25) is 14.9 Å². The highest BCUT2D eigenvalue weighted by molar-refractivity contribution is 7.08. The highest BCUT2D eigenvalue weighted by Crippen LogP contribution is 2.37. The molecular weight excluding hydrogens is 556 g/mol. The van der Waals surface area contributed by atoms with Gasteiger partial charge in [0, 0.05) is 11.3 Å². The van der Waals surface area contributed by atoms with Crippen molar-refractivity contribution in [3.8, 4) is 11.1 Å². The molecule has 0 radical (unpaired) electrons. The van der Waals surface area contributed by atoms with Crippen LogP contribution in [0.2, 0.25) is 0 Å². The minimum absolute atomic E-state index is 0.338. The Morgan fingerprint density at radius 2 is 1.38 bits per heavy atom. The van der Waals surface area contributed by atoms with E-state index in [1.807, 2.05) is 22.9 Å². The van der Waals surface area contributed by atoms with Gasteiger partial charge in [0.1, 0.15) is 16.7 Å². The van der Waals surface area contributed by atoms with Gasteiger partial charge in [0.2, 0.25) is 5.91 Å². The number of alkyl carbamates (subject to hydrolysis) is 1. The van der Waals surface area contributed by atoms with E-state index < -0.39 is 34.8 Å². The second-order valence-corrected chi connectivity index (χ2v) is 12.9. The van der Waals surface area contributed by atoms with Gasteiger partial charge < -0.3 is 25.4 Å². The van der Waals surface area contributed by atoms with Gasteiger partial charge >= 0.3 is 12.2 Å². The summed E-state index contributed by atoms with van der Waals surface area (Å²) >= 11 is 1.55. The smallest absolute Gasteiger partial charge is 0.412 e. The van der Waals surface area contributed by atoms with Crippen LogP contribution in [0.3, 0.4) is 0 Å². The lowest BCUT2D eigenvalue weighted by Gasteiger charge is -2.23. The number of carbonyl (C=O) groups is 4. The van der Waals surface area contributed by atoms with Gasteiger partial charge in [0.15, 0.2) is 0 Å². The fourth-order valence-electron chi connectivity index (χ4n) is 3.96. The summed E-state index contributed by atoms with van der Waals surface area (Å²) in [4.78, 5) is 50.8. The number of ether oxygens (including phenoxy) is 2. The molecule has 0 aliphatic heterocycles. The summed E-state index contributed by atoms with van der Waals surface area (Å²) in [5.74, 6) is -0.762. The fraction of sp³-hybridized carbons (Fsp3) is 0.355. The summed E-state index contributed by atoms with van der Waals surface area (Å²) in [5.41, 5.74) is 1.07. The van der Waals surface area contributed by atoms with Crippen LogP contribution in [0, 0.1) is 0 Å². The Balaban J connectivity index is 1.45. The summed E-state index contributed by atoms with van der Waals surface area (Å²) in [7, 11) is 0. The van der Waals surface area contributed by atoms with Crippen molar-refractivity contribution in [1.82, 2.24) is 5.32 Å². The monoisotopic (exact) mass is 592 g/mol. The molecule has 1 aliphatic rings. The van der Waals surface area contributed by atoms with Crippen molar-refractivity contribution in [2.75, 3.05) is 16.0 Å². The predicted octanol–water partition coefficient (Wildman–Crippen LogP) is 7.01. The van der Waals surface area contributed by atoms with E-state index in [2.05, 4.69) is 21.3 Å². The first-order valence-corrected chi connectivity index (χ1v) is 14.5. The van der Waals surface area contributed by atoms with E-state index in [9.17, 15) is 19.2 Å². The largest absolute Gasteiger partial charge is 0.444 e. The van der Waals surface area contributed by atoms with Gasteiger partial charge in [0.25, 0.3) is 5.91 Å². The number of hydrogen-bond donors (Lipinski definition) is 4. The molecule has 0 saturated heterocycles. The molecule has 11 heteroatoms. The molecule has 42 heavy (non-hydrogen) atoms. The van der Waals surface area contributed by atoms with Crippen LogP contribution in [0.4, 0.5) is 26.7 Å². The normalized spacial score (nSPS) is 13.9. The molecule has 1 aliphatic carbocycles. The van der Waals surface area contributed by atoms with Crippen LogP contribution in [0.5, 0.6) is 0 Å². The van der Waals surface area contributed by atoms with Gasteiger partial charge in [-0.2, -0.15) is 11.3 Å². The van der Waals surface area contributed by atoms with Crippen molar-refractivity contribution in [2.45, 2.75) is 71.1 Å². The molecule has 0 spiro atoms. The fourth-order valence-corrected chi connectivity index (χ4v) is 4.63. The number of carbonyl (C=O) groups excluding carboxylic acids is 4. The predicted molar refractivity (Wildman–Crippen MR) is 164 cm³/mol. The lowest BCUT2D eigenvalue weighted by atomic mass is 10.1. The quantitative estimate of drug-likeness (QED) is 0.233. The van der Waals surface area contributed by atoms with Crippen LogP contribution < -0.4 is 21.3 Å². The molecule has 0 unspecified atom stereocenters. The van der Waals surface area contributed by atoms with Crippen molar-refractivity contribution in [3.63, 3.8) is 0 Å². The maximum absolute atomic E-state index is 13.2. The Kier molecular flexibility index (Phi) is 8.63. The Labute approximate surface area is 249 Å². The lowest BCUT2D eigenvalue weighted by Crippen LogP contribution is -2.47. The van der Waals surface area contributed by atoms with Gasteiger partial charge in [-0.15, -0.1) is 0 Å². The molecule has 10 nitrogen and oxygen atoms in total. The van der Waals surface area contributed by atoms with Gasteiger partial charge in [0.05, 0.1) is 11.4 Å². The van der Waals surface area contributed by atoms with E-state index in [-0.39, 0.29) is 5.91 Å². The average molecular weight is 593 g/mol. The van der Waals surface area contributed by atoms with Crippen molar-refractivity contribution in [2.24, 2.45) is 0 Å². The molecule has 0 bridgehead atoms. The van der Waals surface area contributed by atoms with Crippen LogP contribution in [-0.4, -0.2) is 40.7 Å². The second kappa shape index (κ2) is 11.8. The zero-order valence-electron chi connectivity index (χ0n) is 24.5. The minimum atomic E-state index is -1.01. The first-order valence-electron chi connectivity index (χ1n) is 13.5. The van der Waals surface area contributed by atoms with Crippen molar-refractivity contribution >= 4 is 52.4 Å². The lowest BCUT2D eigenvalue weighted by molar-refractivity contribution is -0.119. The maximum Gasteiger partial charge on any atom is 0.412 e. The molecule has 1 saturated carbocycles. The number of nitrogens with one attached hydrogen (secondary N) is 4. The van der Waals surface area contributed by atoms with E-state index in [0.717, 1.165) is 11.1 Å². The Bertz CT molecular complexity index is 1470. The summed E-state index contributed by atoms with van der Waals surface area (Å²) in [6.45, 7) is 10.6. The molecule has 2 aromatic carbocycles. The number of benzene rings is 2. The molecule has 4 rings (SSSR count). The highest BCUT2D eigenvalue weighted by atomic mass is 32.1. The number of anilines is 3. The Hall–Kier alpha value is -4.38. The number of rotatable bonds is 7. The average Bonchev–Trinajstić information content (AvgIpc) is 3.43. The molecule has 3 aromatic rings. The zero-order valence-corrected chi connectivity index (χ0v) is 25.4. The van der Waals surface area contributed by atoms with E-state index in [0.29, 0.717) is 35.5 Å². The number of amides is 4. The summed E-state index contributed by atoms with van der Waals surface area (Å²) < 4.78 is 10.7. The molecule has 1 heterocycles. The number of thiophene rings is 1. The van der Waals surface area contributed by atoms with Crippen LogP contribution in [-0.2, 0) is 14.3 Å². The van der Waals surface area contributed by atoms with E-state index in [1.54, 1.807) is 89.3 Å². The molecule has 4 N–H and O–H groups in total. The van der Waals surface area contributed by atoms with E-state index in [4.69, 9.17) is 9.47 Å². The molecule has 4 amide bonds. The first-order chi connectivity index (χ1) is 19.6. The van der Waals surface area contributed by atoms with Crippen molar-refractivity contribution in [3.05, 3.63) is 64.9 Å². The summed E-state index contributed by atoms with van der Waals surface area (Å²) in [6.07, 6.45) is -0.285. The number of hydrogen-bond acceptors (Lipinski definition) is 7. The third kappa shape index (κ3) is 8.32. The van der Waals surface area contributed by atoms with Crippen molar-refractivity contribution < 1.29 is 28.7 Å². The SMILES string of the molecule is CC(C)(C)OC(=O)Nc1ccc(-c2ccsc2)cc1NC(=O)c1ccc(NC(=O)C2(NC(=O)OC(C)(C)C)CC2)cc1. The molecule has 1 fully saturated rings. The second-order valence-electron chi connectivity index (χ2n) is 12.1. The van der Waals surface area contributed by atoms with Crippen LogP contribution in [0.1, 0.15) is 64.7 Å². The molecule has 1 aromatic heterocycles. The minimum Gasteiger partial charge on any atom is -0.444 e. The van der Waals surface area contributed by atoms with Gasteiger partial charge in [-0.05, 0) is 119 Å². The van der Waals surface area contributed by atoms with Crippen LogP contribution in [0.15, 0.2) is 59.3 Å². The third-order valence-electron chi connectivity index (χ3n) is 6.09.